The van der Waals surface area contributed by atoms with Gasteiger partial charge in [0, 0.05) is 87.0 Å². The van der Waals surface area contributed by atoms with Crippen LogP contribution in [-0.2, 0) is 91.3 Å². The monoisotopic (exact) mass is 1060 g/mol. The van der Waals surface area contributed by atoms with Crippen LogP contribution in [0.5, 0.6) is 0 Å². The number of nitrogens with zero attached hydrogens (tertiary/aromatic N) is 4. The predicted octanol–water partition coefficient (Wildman–Crippen LogP) is 5.12. The summed E-state index contributed by atoms with van der Waals surface area (Å²) in [5.74, 6) is -6.53. The fourth-order valence-corrected chi connectivity index (χ4v) is 5.48. The fourth-order valence-electron chi connectivity index (χ4n) is 5.48. The Bertz CT molecular complexity index is 2150. The zero-order valence-electron chi connectivity index (χ0n) is 46.2. The number of carbonyl (C=O) groups excluding carboxylic acids is 15. The van der Waals surface area contributed by atoms with E-state index in [1.54, 1.807) is 20.8 Å². The largest absolute Gasteiger partial charge is 0.351 e. The molecule has 420 valence electrons. The van der Waals surface area contributed by atoms with Gasteiger partial charge in [0.25, 0.3) is 47.3 Å². The molecular weight excluding hydrogens is 987 g/mol. The molecule has 0 aromatic carbocycles. The molecule has 0 aliphatic carbocycles. The zero-order valence-corrected chi connectivity index (χ0v) is 46.2. The van der Waals surface area contributed by atoms with Crippen molar-refractivity contribution in [2.75, 3.05) is 0 Å². The molecule has 24 heteroatoms. The van der Waals surface area contributed by atoms with E-state index < -0.39 is 82.0 Å². The van der Waals surface area contributed by atoms with Gasteiger partial charge in [-0.1, -0.05) is 68.9 Å². The lowest BCUT2D eigenvalue weighted by Crippen LogP contribution is -2.40. The van der Waals surface area contributed by atoms with Crippen LogP contribution in [0.2, 0.25) is 0 Å². The van der Waals surface area contributed by atoms with Gasteiger partial charge in [0.15, 0.2) is 5.78 Å². The van der Waals surface area contributed by atoms with Crippen LogP contribution in [0.15, 0.2) is 12.7 Å². The van der Waals surface area contributed by atoms with Crippen LogP contribution in [0.3, 0.4) is 0 Å². The van der Waals surface area contributed by atoms with E-state index in [0.717, 1.165) is 0 Å². The third-order valence-electron chi connectivity index (χ3n) is 9.68. The molecule has 0 radical (unpaired) electrons. The highest BCUT2D eigenvalue weighted by atomic mass is 16.7. The molecule has 0 saturated carbocycles. The minimum atomic E-state index is -0.771. The van der Waals surface area contributed by atoms with Gasteiger partial charge in [-0.25, -0.2) is 19.2 Å². The Hall–Kier alpha value is -7.01. The third kappa shape index (κ3) is 27.2. The topological polar surface area (TPSA) is 318 Å². The van der Waals surface area contributed by atoms with Crippen molar-refractivity contribution in [3.05, 3.63) is 12.7 Å². The smallest absolute Gasteiger partial charge is 0.338 e. The summed E-state index contributed by atoms with van der Waals surface area (Å²) in [6.45, 7) is 30.5. The maximum Gasteiger partial charge on any atom is 0.338 e. The summed E-state index contributed by atoms with van der Waals surface area (Å²) < 4.78 is 0. The van der Waals surface area contributed by atoms with Crippen LogP contribution in [0, 0.1) is 21.7 Å². The highest BCUT2D eigenvalue weighted by Gasteiger charge is 2.37. The second-order valence-electron chi connectivity index (χ2n) is 22.7. The first-order valence-electron chi connectivity index (χ1n) is 24.3. The van der Waals surface area contributed by atoms with E-state index in [4.69, 9.17) is 9.68 Å². The Morgan fingerprint density at radius 2 is 0.760 bits per heavy atom. The number of hydroxylamine groups is 8. The second kappa shape index (κ2) is 29.2. The van der Waals surface area contributed by atoms with Gasteiger partial charge in [-0.15, -0.1) is 20.3 Å². The fraction of sp³-hybridized carbons (Fsp3) is 0.667. The molecular formula is C51H77N5O19. The first-order chi connectivity index (χ1) is 34.0. The first kappa shape index (κ1) is 68.0. The molecule has 4 aliphatic heterocycles. The lowest BCUT2D eigenvalue weighted by atomic mass is 9.88. The van der Waals surface area contributed by atoms with Crippen LogP contribution < -0.4 is 5.32 Å². The van der Waals surface area contributed by atoms with Crippen LogP contribution in [0.25, 0.3) is 0 Å². The number of amides is 9. The third-order valence-corrected chi connectivity index (χ3v) is 9.68. The summed E-state index contributed by atoms with van der Waals surface area (Å²) in [4.78, 5) is 187. The highest BCUT2D eigenvalue weighted by Crippen LogP contribution is 2.23. The van der Waals surface area contributed by atoms with Crippen molar-refractivity contribution in [2.45, 2.75) is 199 Å². The lowest BCUT2D eigenvalue weighted by molar-refractivity contribution is -0.203. The molecule has 4 rings (SSSR count). The van der Waals surface area contributed by atoms with E-state index in [9.17, 15) is 71.9 Å². The highest BCUT2D eigenvalue weighted by molar-refractivity contribution is 6.03. The van der Waals surface area contributed by atoms with Gasteiger partial charge in [-0.05, 0) is 59.5 Å². The molecule has 4 aliphatic rings. The summed E-state index contributed by atoms with van der Waals surface area (Å²) in [5, 5.41) is 4.83. The number of imide groups is 4. The maximum atomic E-state index is 11.6. The summed E-state index contributed by atoms with van der Waals surface area (Å²) in [6, 6.07) is 0. The number of allylic oxidation sites excluding steroid dienone is 1. The zero-order chi connectivity index (χ0) is 58.6. The molecule has 24 nitrogen and oxygen atoms in total. The Morgan fingerprint density at radius 3 is 1.03 bits per heavy atom. The molecule has 0 unspecified atom stereocenters. The van der Waals surface area contributed by atoms with Gasteiger partial charge >= 0.3 is 23.9 Å². The summed E-state index contributed by atoms with van der Waals surface area (Å²) in [7, 11) is 0. The van der Waals surface area contributed by atoms with Gasteiger partial charge in [0.05, 0.1) is 18.3 Å². The lowest BCUT2D eigenvalue weighted by Gasteiger charge is -2.20. The average Bonchev–Trinajstić information content (AvgIpc) is 3.97. The molecule has 4 heterocycles. The second-order valence-corrected chi connectivity index (χ2v) is 22.7. The number of ketones is 2. The number of hydrogen-bond donors (Lipinski definition) is 1. The van der Waals surface area contributed by atoms with E-state index in [0.29, 0.717) is 26.7 Å². The van der Waals surface area contributed by atoms with Crippen LogP contribution >= 0.6 is 0 Å². The van der Waals surface area contributed by atoms with Crippen LogP contribution in [0.1, 0.15) is 194 Å². The van der Waals surface area contributed by atoms with Crippen molar-refractivity contribution in [3.63, 3.8) is 0 Å². The molecule has 0 atom stereocenters. The Balaban J connectivity index is 0.000000934. The quantitative estimate of drug-likeness (QED) is 0.185. The average molecular weight is 1060 g/mol. The van der Waals surface area contributed by atoms with Gasteiger partial charge < -0.3 is 24.7 Å². The first-order valence-corrected chi connectivity index (χ1v) is 24.3. The van der Waals surface area contributed by atoms with Gasteiger partial charge in [-0.3, -0.25) is 52.7 Å². The number of hydrogen-bond acceptors (Lipinski definition) is 19. The van der Waals surface area contributed by atoms with Crippen molar-refractivity contribution < 1.29 is 91.3 Å². The SMILES string of the molecule is C=CC(=O)C(C)(C)C.CC(C)(C)C(=O)CCCC(=O)ON1C(=O)CCC1=O.CC(C)(C)C(=O)ON1C(=O)CCC1=O.CC(C)(C)CC(=O)ON1C(=O)CCC1=O.CC(C)(C)NC(=O)CCC(=O)ON1C(=O)CCC1=O. The molecule has 0 bridgehead atoms. The molecule has 0 aromatic rings. The van der Waals surface area contributed by atoms with Gasteiger partial charge in [0.2, 0.25) is 5.91 Å². The molecule has 4 saturated heterocycles. The number of nitrogens with one attached hydrogen (secondary N) is 1. The number of carbonyl (C=O) groups is 15. The minimum absolute atomic E-state index is 0.0128. The molecule has 9 amide bonds. The van der Waals surface area contributed by atoms with Crippen molar-refractivity contribution >= 4 is 88.6 Å². The normalized spacial score (nSPS) is 15.8. The minimum Gasteiger partial charge on any atom is -0.351 e. The molecule has 4 fully saturated rings. The van der Waals surface area contributed by atoms with E-state index in [1.807, 2.05) is 83.1 Å². The standard InChI is InChI=1S/C13H19NO5.C12H18N2O5.C10H15NO4.C9H13NO4.C7H12O/c1-13(2,3)9(15)5-4-6-12(18)19-14-10(16)7-8-11(14)17;1-12(2,3)13-8(15)4-7-11(18)19-14-9(16)5-6-10(14)17;1-10(2,3)6-9(14)15-11-7(12)4-5-8(11)13;1-9(2,3)8(13)14-10-6(11)4-5-7(10)12;1-5-6(8)7(2,3)4/h4-8H2,1-3H3;4-7H2,1-3H3,(H,13,15);4-6H2,1-3H3;4-5H2,1-3H3;5H,1H2,2-4H3. The van der Waals surface area contributed by atoms with Crippen molar-refractivity contribution in [3.8, 4) is 0 Å². The van der Waals surface area contributed by atoms with Crippen molar-refractivity contribution in [1.82, 2.24) is 25.6 Å². The summed E-state index contributed by atoms with van der Waals surface area (Å²) >= 11 is 0. The Morgan fingerprint density at radius 1 is 0.440 bits per heavy atom. The number of Topliss-reactive ketones (excluding diaryl/α,β-unsaturated/α-hetero) is 1. The summed E-state index contributed by atoms with van der Waals surface area (Å²) in [5.41, 5.74) is -1.99. The predicted molar refractivity (Wildman–Crippen MR) is 262 cm³/mol. The molecule has 75 heavy (non-hydrogen) atoms. The van der Waals surface area contributed by atoms with Crippen LogP contribution in [-0.4, -0.2) is 114 Å². The van der Waals surface area contributed by atoms with Crippen LogP contribution in [0.4, 0.5) is 0 Å². The molecule has 0 aromatic heterocycles. The van der Waals surface area contributed by atoms with E-state index in [1.165, 1.54) is 6.08 Å². The molecule has 0 spiro atoms. The van der Waals surface area contributed by atoms with Crippen molar-refractivity contribution in [1.29, 1.82) is 0 Å². The van der Waals surface area contributed by atoms with Crippen molar-refractivity contribution in [2.24, 2.45) is 21.7 Å². The van der Waals surface area contributed by atoms with E-state index in [-0.39, 0.29) is 117 Å². The van der Waals surface area contributed by atoms with Gasteiger partial charge in [0.1, 0.15) is 5.78 Å². The van der Waals surface area contributed by atoms with E-state index >= 15 is 0 Å². The Labute approximate surface area is 438 Å². The Kier molecular flexibility index (Phi) is 26.5. The van der Waals surface area contributed by atoms with Gasteiger partial charge in [-0.2, -0.15) is 0 Å². The maximum absolute atomic E-state index is 11.6. The van der Waals surface area contributed by atoms with E-state index in [2.05, 4.69) is 21.6 Å². The summed E-state index contributed by atoms with van der Waals surface area (Å²) in [6.07, 6.45) is 2.70. The number of rotatable bonds is 13. The molecule has 1 N–H and O–H groups in total.